The summed E-state index contributed by atoms with van der Waals surface area (Å²) in [5, 5.41) is 3.99. The second kappa shape index (κ2) is 5.34. The lowest BCUT2D eigenvalue weighted by Gasteiger charge is -2.13. The van der Waals surface area contributed by atoms with Crippen LogP contribution in [0.15, 0.2) is 52.2 Å². The molecule has 3 aromatic rings. The van der Waals surface area contributed by atoms with Crippen LogP contribution in [0.5, 0.6) is 5.75 Å². The van der Waals surface area contributed by atoms with Gasteiger partial charge in [-0.25, -0.2) is 8.42 Å². The molecular formula is C14H12N2O3S2. The van der Waals surface area contributed by atoms with Crippen LogP contribution < -0.4 is 9.46 Å². The molecule has 0 amide bonds. The van der Waals surface area contributed by atoms with Gasteiger partial charge < -0.3 is 4.74 Å². The Kier molecular flexibility index (Phi) is 3.52. The van der Waals surface area contributed by atoms with Crippen molar-refractivity contribution in [3.63, 3.8) is 0 Å². The third-order valence-corrected chi connectivity index (χ3v) is 5.19. The minimum atomic E-state index is -3.64. The van der Waals surface area contributed by atoms with E-state index in [1.54, 1.807) is 47.3 Å². The van der Waals surface area contributed by atoms with E-state index in [0.29, 0.717) is 22.3 Å². The van der Waals surface area contributed by atoms with Gasteiger partial charge in [0.05, 0.1) is 17.5 Å². The Bertz CT molecular complexity index is 874. The molecule has 0 bridgehead atoms. The number of nitrogens with one attached hydrogen (secondary N) is 1. The van der Waals surface area contributed by atoms with Gasteiger partial charge in [-0.3, -0.25) is 9.71 Å². The van der Waals surface area contributed by atoms with Crippen LogP contribution >= 0.6 is 11.3 Å². The third kappa shape index (κ3) is 2.57. The number of anilines is 1. The summed E-state index contributed by atoms with van der Waals surface area (Å²) in [6.45, 7) is 0. The van der Waals surface area contributed by atoms with Crippen LogP contribution in [0.4, 0.5) is 5.69 Å². The molecule has 0 saturated carbocycles. The number of thiophene rings is 1. The molecule has 21 heavy (non-hydrogen) atoms. The molecule has 0 spiro atoms. The van der Waals surface area contributed by atoms with Crippen LogP contribution in [0.3, 0.4) is 0 Å². The fourth-order valence-corrected chi connectivity index (χ4v) is 4.13. The van der Waals surface area contributed by atoms with Crippen molar-refractivity contribution < 1.29 is 13.2 Å². The largest absolute Gasteiger partial charge is 0.495 e. The van der Waals surface area contributed by atoms with E-state index in [2.05, 4.69) is 9.71 Å². The Morgan fingerprint density at radius 1 is 1.24 bits per heavy atom. The highest BCUT2D eigenvalue weighted by atomic mass is 32.2. The first-order valence-corrected chi connectivity index (χ1v) is 8.51. The second-order valence-electron chi connectivity index (χ2n) is 4.28. The highest BCUT2D eigenvalue weighted by Crippen LogP contribution is 2.34. The Balaban J connectivity index is 2.16. The van der Waals surface area contributed by atoms with E-state index in [1.807, 2.05) is 0 Å². The smallest absolute Gasteiger partial charge is 0.262 e. The lowest BCUT2D eigenvalue weighted by molar-refractivity contribution is 0.417. The van der Waals surface area contributed by atoms with Gasteiger partial charge in [0.1, 0.15) is 11.4 Å². The number of nitrogens with zero attached hydrogens (tertiary/aromatic N) is 1. The second-order valence-corrected chi connectivity index (χ2v) is 6.74. The van der Waals surface area contributed by atoms with Crippen molar-refractivity contribution in [3.05, 3.63) is 47.3 Å². The van der Waals surface area contributed by atoms with Crippen molar-refractivity contribution in [2.75, 3.05) is 11.8 Å². The summed E-state index contributed by atoms with van der Waals surface area (Å²) in [6, 6.07) is 8.60. The fraction of sp³-hybridized carbons (Fsp3) is 0.0714. The first-order chi connectivity index (χ1) is 10.1. The normalized spacial score (nSPS) is 11.5. The first kappa shape index (κ1) is 13.8. The average Bonchev–Trinajstić information content (AvgIpc) is 3.02. The van der Waals surface area contributed by atoms with Crippen LogP contribution in [-0.4, -0.2) is 20.5 Å². The Morgan fingerprint density at radius 3 is 2.81 bits per heavy atom. The van der Waals surface area contributed by atoms with Crippen LogP contribution in [0.1, 0.15) is 0 Å². The van der Waals surface area contributed by atoms with Gasteiger partial charge in [0, 0.05) is 17.0 Å². The summed E-state index contributed by atoms with van der Waals surface area (Å²) >= 11 is 1.33. The number of hydrogen-bond acceptors (Lipinski definition) is 5. The molecule has 2 aromatic heterocycles. The molecule has 2 heterocycles. The first-order valence-electron chi connectivity index (χ1n) is 6.08. The minimum Gasteiger partial charge on any atom is -0.495 e. The van der Waals surface area contributed by atoms with Crippen molar-refractivity contribution in [2.45, 2.75) is 4.90 Å². The molecule has 1 N–H and O–H groups in total. The van der Waals surface area contributed by atoms with Gasteiger partial charge in [0.25, 0.3) is 10.0 Å². The molecule has 3 rings (SSSR count). The topological polar surface area (TPSA) is 68.3 Å². The predicted molar refractivity (Wildman–Crippen MR) is 83.4 cm³/mol. The van der Waals surface area contributed by atoms with E-state index in [4.69, 9.17) is 4.74 Å². The number of ether oxygens (including phenoxy) is 1. The van der Waals surface area contributed by atoms with Crippen LogP contribution in [0, 0.1) is 0 Å². The Labute approximate surface area is 126 Å². The molecular weight excluding hydrogens is 308 g/mol. The molecule has 0 radical (unpaired) electrons. The van der Waals surface area contributed by atoms with E-state index >= 15 is 0 Å². The highest BCUT2D eigenvalue weighted by molar-refractivity contribution is 7.92. The zero-order valence-corrected chi connectivity index (χ0v) is 12.7. The maximum atomic E-state index is 12.4. The fourth-order valence-electron chi connectivity index (χ4n) is 2.01. The minimum absolute atomic E-state index is 0.232. The summed E-state index contributed by atoms with van der Waals surface area (Å²) in [5.41, 5.74) is 1.09. The molecule has 0 saturated heterocycles. The Morgan fingerprint density at radius 2 is 2.10 bits per heavy atom. The summed E-state index contributed by atoms with van der Waals surface area (Å²) in [5.74, 6) is 0.453. The highest BCUT2D eigenvalue weighted by Gasteiger charge is 2.19. The van der Waals surface area contributed by atoms with Gasteiger partial charge in [-0.05, 0) is 35.7 Å². The quantitative estimate of drug-likeness (QED) is 0.802. The maximum absolute atomic E-state index is 12.4. The lowest BCUT2D eigenvalue weighted by atomic mass is 10.2. The molecule has 0 aliphatic heterocycles. The zero-order chi connectivity index (χ0) is 14.9. The number of aromatic nitrogens is 1. The third-order valence-electron chi connectivity index (χ3n) is 3.01. The van der Waals surface area contributed by atoms with Crippen molar-refractivity contribution in [1.29, 1.82) is 0 Å². The zero-order valence-electron chi connectivity index (χ0n) is 11.1. The van der Waals surface area contributed by atoms with Crippen LogP contribution in [0.2, 0.25) is 0 Å². The molecule has 0 aliphatic carbocycles. The molecule has 0 atom stereocenters. The number of pyridine rings is 1. The van der Waals surface area contributed by atoms with E-state index in [0.717, 1.165) is 0 Å². The standard InChI is InChI=1S/C14H12N2O3S2/c1-19-13-5-4-12-11(3-2-7-15-12)14(13)16-21(17,18)10-6-8-20-9-10/h2-9,16H,1H3. The van der Waals surface area contributed by atoms with Crippen LogP contribution in [-0.2, 0) is 10.0 Å². The number of rotatable bonds is 4. The molecule has 0 fully saturated rings. The van der Waals surface area contributed by atoms with E-state index < -0.39 is 10.0 Å². The monoisotopic (exact) mass is 320 g/mol. The summed E-state index contributed by atoms with van der Waals surface area (Å²) < 4.78 is 32.6. The summed E-state index contributed by atoms with van der Waals surface area (Å²) in [6.07, 6.45) is 1.66. The van der Waals surface area contributed by atoms with Gasteiger partial charge in [-0.2, -0.15) is 11.3 Å². The molecule has 108 valence electrons. The SMILES string of the molecule is COc1ccc2ncccc2c1NS(=O)(=O)c1ccsc1. The maximum Gasteiger partial charge on any atom is 0.262 e. The van der Waals surface area contributed by atoms with Gasteiger partial charge in [-0.15, -0.1) is 0 Å². The summed E-state index contributed by atoms with van der Waals surface area (Å²) in [4.78, 5) is 4.45. The van der Waals surface area contributed by atoms with Crippen molar-refractivity contribution >= 4 is 38.0 Å². The molecule has 7 heteroatoms. The van der Waals surface area contributed by atoms with E-state index in [1.165, 1.54) is 18.4 Å². The number of fused-ring (bicyclic) bond motifs is 1. The van der Waals surface area contributed by atoms with Crippen molar-refractivity contribution in [2.24, 2.45) is 0 Å². The van der Waals surface area contributed by atoms with Gasteiger partial charge in [0.15, 0.2) is 0 Å². The number of sulfonamides is 1. The van der Waals surface area contributed by atoms with Gasteiger partial charge >= 0.3 is 0 Å². The Hall–Kier alpha value is -2.12. The average molecular weight is 320 g/mol. The van der Waals surface area contributed by atoms with E-state index in [9.17, 15) is 8.42 Å². The van der Waals surface area contributed by atoms with Crippen LogP contribution in [0.25, 0.3) is 10.9 Å². The predicted octanol–water partition coefficient (Wildman–Crippen LogP) is 3.11. The molecule has 0 unspecified atom stereocenters. The van der Waals surface area contributed by atoms with Crippen molar-refractivity contribution in [1.82, 2.24) is 4.98 Å². The van der Waals surface area contributed by atoms with Gasteiger partial charge in [-0.1, -0.05) is 0 Å². The number of hydrogen-bond donors (Lipinski definition) is 1. The van der Waals surface area contributed by atoms with Crippen molar-refractivity contribution in [3.8, 4) is 5.75 Å². The molecule has 1 aromatic carbocycles. The number of benzene rings is 1. The molecule has 5 nitrogen and oxygen atoms in total. The lowest BCUT2D eigenvalue weighted by Crippen LogP contribution is -2.13. The summed E-state index contributed by atoms with van der Waals surface area (Å²) in [7, 11) is -2.14. The number of methoxy groups -OCH3 is 1. The van der Waals surface area contributed by atoms with E-state index in [-0.39, 0.29) is 4.90 Å². The molecule has 0 aliphatic rings. The van der Waals surface area contributed by atoms with Gasteiger partial charge in [0.2, 0.25) is 0 Å².